The molecule has 1 aromatic heterocycles. The minimum absolute atomic E-state index is 0.0232. The number of amides is 1. The van der Waals surface area contributed by atoms with E-state index in [1.54, 1.807) is 0 Å². The van der Waals surface area contributed by atoms with E-state index >= 15 is 0 Å². The number of carbonyl (C=O) groups excluding carboxylic acids is 1. The molecule has 0 aliphatic carbocycles. The van der Waals surface area contributed by atoms with Gasteiger partial charge in [0.15, 0.2) is 0 Å². The summed E-state index contributed by atoms with van der Waals surface area (Å²) in [5, 5.41) is 4.41. The lowest BCUT2D eigenvalue weighted by Gasteiger charge is -2.26. The summed E-state index contributed by atoms with van der Waals surface area (Å²) in [7, 11) is 0. The Hall–Kier alpha value is -3.08. The highest BCUT2D eigenvalue weighted by Gasteiger charge is 2.26. The van der Waals surface area contributed by atoms with Crippen molar-refractivity contribution >= 4 is 11.8 Å². The molecule has 0 unspecified atom stereocenters. The van der Waals surface area contributed by atoms with E-state index in [-0.39, 0.29) is 5.91 Å². The fourth-order valence-corrected chi connectivity index (χ4v) is 3.64. The van der Waals surface area contributed by atoms with Crippen molar-refractivity contribution in [1.29, 1.82) is 0 Å². The minimum Gasteiger partial charge on any atom is -0.341 e. The monoisotopic (exact) mass is 405 g/mol. The Balaban J connectivity index is 2.04. The van der Waals surface area contributed by atoms with Crippen molar-refractivity contribution in [1.82, 2.24) is 10.1 Å². The summed E-state index contributed by atoms with van der Waals surface area (Å²) in [4.78, 5) is 17.4. The molecule has 0 aliphatic heterocycles. The number of benzene rings is 2. The highest BCUT2D eigenvalue weighted by Crippen LogP contribution is 2.33. The second-order valence-corrected chi connectivity index (χ2v) is 7.80. The summed E-state index contributed by atoms with van der Waals surface area (Å²) in [6.45, 7) is 11.2. The average Bonchev–Trinajstić information content (AvgIpc) is 3.18. The highest BCUT2D eigenvalue weighted by atomic mass is 16.5. The van der Waals surface area contributed by atoms with E-state index in [1.165, 1.54) is 0 Å². The number of nitrogens with zero attached hydrogens (tertiary/aromatic N) is 3. The first-order valence-electron chi connectivity index (χ1n) is 10.7. The van der Waals surface area contributed by atoms with E-state index in [2.05, 4.69) is 37.8 Å². The molecule has 1 heterocycles. The summed E-state index contributed by atoms with van der Waals surface area (Å²) in [6.07, 6.45) is 0. The zero-order valence-electron chi connectivity index (χ0n) is 18.3. The largest absolute Gasteiger partial charge is 0.341 e. The van der Waals surface area contributed by atoms with Gasteiger partial charge in [-0.1, -0.05) is 67.5 Å². The molecule has 1 amide bonds. The zero-order valence-corrected chi connectivity index (χ0v) is 18.3. The van der Waals surface area contributed by atoms with Crippen molar-refractivity contribution in [2.24, 2.45) is 5.92 Å². The van der Waals surface area contributed by atoms with Crippen molar-refractivity contribution in [3.8, 4) is 11.3 Å². The first-order chi connectivity index (χ1) is 14.5. The Labute approximate surface area is 179 Å². The Morgan fingerprint density at radius 1 is 0.967 bits per heavy atom. The molecule has 0 saturated heterocycles. The van der Waals surface area contributed by atoms with Crippen LogP contribution >= 0.6 is 0 Å². The van der Waals surface area contributed by atoms with Crippen LogP contribution in [-0.2, 0) is 6.54 Å². The smallest absolute Gasteiger partial charge is 0.254 e. The molecule has 3 rings (SSSR count). The molecule has 0 spiro atoms. The number of aromatic nitrogens is 1. The van der Waals surface area contributed by atoms with Gasteiger partial charge in [-0.3, -0.25) is 4.79 Å². The van der Waals surface area contributed by atoms with Gasteiger partial charge in [0, 0.05) is 30.8 Å². The number of carbonyl (C=O) groups is 1. The fourth-order valence-electron chi connectivity index (χ4n) is 3.64. The van der Waals surface area contributed by atoms with Gasteiger partial charge >= 0.3 is 0 Å². The lowest BCUT2D eigenvalue weighted by Crippen LogP contribution is -2.34. The van der Waals surface area contributed by atoms with E-state index < -0.39 is 0 Å². The van der Waals surface area contributed by atoms with Crippen LogP contribution in [0.3, 0.4) is 0 Å². The summed E-state index contributed by atoms with van der Waals surface area (Å²) in [5.41, 5.74) is 3.44. The second kappa shape index (κ2) is 10.1. The van der Waals surface area contributed by atoms with Crippen molar-refractivity contribution in [2.45, 2.75) is 34.2 Å². The van der Waals surface area contributed by atoms with Crippen molar-refractivity contribution < 1.29 is 9.32 Å². The molecule has 5 nitrogen and oxygen atoms in total. The Bertz CT molecular complexity index is 932. The number of hydrogen-bond acceptors (Lipinski definition) is 4. The molecule has 2 aromatic carbocycles. The van der Waals surface area contributed by atoms with Gasteiger partial charge in [-0.2, -0.15) is 0 Å². The van der Waals surface area contributed by atoms with Gasteiger partial charge in [0.25, 0.3) is 5.91 Å². The first-order valence-corrected chi connectivity index (χ1v) is 10.7. The van der Waals surface area contributed by atoms with E-state index in [0.29, 0.717) is 24.6 Å². The predicted octanol–water partition coefficient (Wildman–Crippen LogP) is 5.49. The minimum atomic E-state index is 0.0232. The molecule has 0 N–H and O–H groups in total. The molecule has 5 heteroatoms. The van der Waals surface area contributed by atoms with Gasteiger partial charge in [0.2, 0.25) is 5.88 Å². The van der Waals surface area contributed by atoms with Crippen molar-refractivity contribution in [3.63, 3.8) is 0 Å². The van der Waals surface area contributed by atoms with Crippen molar-refractivity contribution in [3.05, 3.63) is 71.8 Å². The Morgan fingerprint density at radius 2 is 1.57 bits per heavy atom. The van der Waals surface area contributed by atoms with Crippen LogP contribution in [0.25, 0.3) is 11.3 Å². The third kappa shape index (κ3) is 4.90. The van der Waals surface area contributed by atoms with Crippen LogP contribution in [-0.4, -0.2) is 35.6 Å². The third-order valence-electron chi connectivity index (χ3n) is 5.11. The summed E-state index contributed by atoms with van der Waals surface area (Å²) >= 11 is 0. The van der Waals surface area contributed by atoms with Gasteiger partial charge in [0.1, 0.15) is 5.69 Å². The maximum Gasteiger partial charge on any atom is 0.254 e. The van der Waals surface area contributed by atoms with Gasteiger partial charge in [-0.05, 0) is 31.9 Å². The number of rotatable bonds is 9. The number of anilines is 1. The van der Waals surface area contributed by atoms with Gasteiger partial charge in [0.05, 0.1) is 12.1 Å². The van der Waals surface area contributed by atoms with Gasteiger partial charge < -0.3 is 14.3 Å². The molecule has 0 fully saturated rings. The highest BCUT2D eigenvalue weighted by molar-refractivity contribution is 5.94. The molecular weight excluding hydrogens is 374 g/mol. The standard InChI is InChI=1S/C25H31N3O2/c1-5-27(6-2)25-22(23(26-30-25)20-13-9-7-10-14-20)18-28(17-19(3)4)24(29)21-15-11-8-12-16-21/h7-16,19H,5-6,17-18H2,1-4H3. The fraction of sp³-hybridized carbons (Fsp3) is 0.360. The molecule has 0 atom stereocenters. The Kier molecular flexibility index (Phi) is 7.28. The SMILES string of the molecule is CCN(CC)c1onc(-c2ccccc2)c1CN(CC(C)C)C(=O)c1ccccc1. The summed E-state index contributed by atoms with van der Waals surface area (Å²) in [5.74, 6) is 1.11. The molecule has 30 heavy (non-hydrogen) atoms. The van der Waals surface area contributed by atoms with Crippen LogP contribution in [0.15, 0.2) is 65.2 Å². The van der Waals surface area contributed by atoms with Crippen LogP contribution in [0.5, 0.6) is 0 Å². The molecule has 0 saturated carbocycles. The Morgan fingerprint density at radius 3 is 2.13 bits per heavy atom. The van der Waals surface area contributed by atoms with E-state index in [0.717, 1.165) is 35.8 Å². The molecular formula is C25H31N3O2. The quantitative estimate of drug-likeness (QED) is 0.473. The molecule has 0 bridgehead atoms. The molecule has 0 radical (unpaired) electrons. The predicted molar refractivity (Wildman–Crippen MR) is 122 cm³/mol. The van der Waals surface area contributed by atoms with Gasteiger partial charge in [-0.15, -0.1) is 0 Å². The molecule has 158 valence electrons. The van der Waals surface area contributed by atoms with Gasteiger partial charge in [-0.25, -0.2) is 0 Å². The lowest BCUT2D eigenvalue weighted by molar-refractivity contribution is 0.0723. The van der Waals surface area contributed by atoms with Crippen LogP contribution in [0.4, 0.5) is 5.88 Å². The maximum absolute atomic E-state index is 13.3. The average molecular weight is 406 g/mol. The van der Waals surface area contributed by atoms with E-state index in [4.69, 9.17) is 4.52 Å². The summed E-state index contributed by atoms with van der Waals surface area (Å²) in [6, 6.07) is 19.5. The van der Waals surface area contributed by atoms with Crippen molar-refractivity contribution in [2.75, 3.05) is 24.5 Å². The zero-order chi connectivity index (χ0) is 21.5. The lowest BCUT2D eigenvalue weighted by atomic mass is 10.1. The van der Waals surface area contributed by atoms with E-state index in [1.807, 2.05) is 65.6 Å². The van der Waals surface area contributed by atoms with Crippen LogP contribution in [0, 0.1) is 5.92 Å². The van der Waals surface area contributed by atoms with Crippen LogP contribution in [0.1, 0.15) is 43.6 Å². The van der Waals surface area contributed by atoms with Crippen LogP contribution in [0.2, 0.25) is 0 Å². The maximum atomic E-state index is 13.3. The van der Waals surface area contributed by atoms with Crippen LogP contribution < -0.4 is 4.90 Å². The molecule has 3 aromatic rings. The normalized spacial score (nSPS) is 11.0. The summed E-state index contributed by atoms with van der Waals surface area (Å²) < 4.78 is 5.82. The first kappa shape index (κ1) is 21.6. The number of hydrogen-bond donors (Lipinski definition) is 0. The third-order valence-corrected chi connectivity index (χ3v) is 5.11. The topological polar surface area (TPSA) is 49.6 Å². The molecule has 0 aliphatic rings. The van der Waals surface area contributed by atoms with E-state index in [9.17, 15) is 4.79 Å². The second-order valence-electron chi connectivity index (χ2n) is 7.80.